The van der Waals surface area contributed by atoms with E-state index < -0.39 is 29.1 Å². The number of piperidine rings is 1. The lowest BCUT2D eigenvalue weighted by Gasteiger charge is -2.47. The number of nitrogens with zero attached hydrogens (tertiary/aromatic N) is 7. The van der Waals surface area contributed by atoms with Gasteiger partial charge in [0.2, 0.25) is 17.7 Å². The molecule has 0 saturated carbocycles. The van der Waals surface area contributed by atoms with Crippen molar-refractivity contribution < 1.29 is 28.3 Å². The number of likely N-dealkylation sites (tertiary alicyclic amines) is 1. The molecule has 0 radical (unpaired) electrons. The van der Waals surface area contributed by atoms with Crippen molar-refractivity contribution in [3.05, 3.63) is 54.1 Å². The average molecular weight is 673 g/mol. The maximum atomic E-state index is 15.2. The van der Waals surface area contributed by atoms with Crippen molar-refractivity contribution in [3.63, 3.8) is 0 Å². The van der Waals surface area contributed by atoms with E-state index >= 15 is 8.78 Å². The molecule has 3 atom stereocenters. The second-order valence-electron chi connectivity index (χ2n) is 13.6. The zero-order valence-corrected chi connectivity index (χ0v) is 27.0. The molecule has 3 aromatic rings. The number of halogens is 2. The first-order valence-corrected chi connectivity index (χ1v) is 17.0. The van der Waals surface area contributed by atoms with E-state index in [1.807, 2.05) is 23.1 Å². The minimum absolute atomic E-state index is 0.0641. The molecule has 4 fully saturated rings. The molecule has 0 spiro atoms. The van der Waals surface area contributed by atoms with Gasteiger partial charge in [-0.05, 0) is 49.6 Å². The van der Waals surface area contributed by atoms with E-state index in [0.29, 0.717) is 60.9 Å². The third-order valence-corrected chi connectivity index (χ3v) is 10.7. The van der Waals surface area contributed by atoms with Gasteiger partial charge in [-0.25, -0.2) is 13.7 Å². The number of phenolic OH excluding ortho intramolecular Hbond substituents is 1. The van der Waals surface area contributed by atoms with Crippen LogP contribution in [0.15, 0.2) is 42.5 Å². The first kappa shape index (κ1) is 31.4. The molecule has 0 aliphatic carbocycles. The SMILES string of the molecule is O=C([C@H]1CCN(c2cc(F)c(N3C(=O)CCCC3=O)c(F)c2)C1)N1CCC(N2CCN3c4cc(-c5ccccc5O)nnc4NC[C@H]3C2)C1. The molecule has 14 heteroatoms. The molecule has 12 nitrogen and oxygen atoms in total. The quantitative estimate of drug-likeness (QED) is 0.391. The summed E-state index contributed by atoms with van der Waals surface area (Å²) in [6.07, 6.45) is 1.97. The predicted molar refractivity (Wildman–Crippen MR) is 178 cm³/mol. The number of nitrogens with one attached hydrogen (secondary N) is 1. The Bertz CT molecular complexity index is 1790. The van der Waals surface area contributed by atoms with Gasteiger partial charge in [-0.1, -0.05) is 12.1 Å². The fourth-order valence-corrected chi connectivity index (χ4v) is 8.11. The number of carbonyl (C=O) groups is 3. The van der Waals surface area contributed by atoms with Gasteiger partial charge in [0.15, 0.2) is 17.5 Å². The lowest BCUT2D eigenvalue weighted by molar-refractivity contribution is -0.134. The number of anilines is 4. The lowest BCUT2D eigenvalue weighted by Crippen LogP contribution is -2.60. The minimum atomic E-state index is -0.962. The van der Waals surface area contributed by atoms with Gasteiger partial charge in [-0.2, -0.15) is 0 Å². The Morgan fingerprint density at radius 1 is 0.878 bits per heavy atom. The van der Waals surface area contributed by atoms with Gasteiger partial charge in [-0.15, -0.1) is 10.2 Å². The number of aromatic hydroxyl groups is 1. The molecule has 5 aliphatic rings. The highest BCUT2D eigenvalue weighted by atomic mass is 19.1. The molecule has 1 aromatic heterocycles. The fraction of sp³-hybridized carbons (Fsp3) is 0.457. The number of benzene rings is 2. The smallest absolute Gasteiger partial charge is 0.233 e. The second kappa shape index (κ2) is 12.6. The van der Waals surface area contributed by atoms with Crippen LogP contribution < -0.4 is 20.0 Å². The number of amides is 3. The molecule has 2 N–H and O–H groups in total. The fourth-order valence-electron chi connectivity index (χ4n) is 8.11. The summed E-state index contributed by atoms with van der Waals surface area (Å²) in [5.41, 5.74) is 1.91. The molecule has 49 heavy (non-hydrogen) atoms. The summed E-state index contributed by atoms with van der Waals surface area (Å²) >= 11 is 0. The van der Waals surface area contributed by atoms with Crippen molar-refractivity contribution in [2.24, 2.45) is 5.92 Å². The highest BCUT2D eigenvalue weighted by Crippen LogP contribution is 2.38. The van der Waals surface area contributed by atoms with Gasteiger partial charge in [0, 0.05) is 82.5 Å². The lowest BCUT2D eigenvalue weighted by atomic mass is 10.0. The van der Waals surface area contributed by atoms with Gasteiger partial charge in [0.05, 0.1) is 23.3 Å². The monoisotopic (exact) mass is 672 g/mol. The molecule has 8 rings (SSSR count). The van der Waals surface area contributed by atoms with Crippen LogP contribution in [-0.4, -0.2) is 107 Å². The average Bonchev–Trinajstić information content (AvgIpc) is 3.80. The molecule has 6 heterocycles. The van der Waals surface area contributed by atoms with Gasteiger partial charge in [-0.3, -0.25) is 19.3 Å². The van der Waals surface area contributed by atoms with Crippen LogP contribution in [0.4, 0.5) is 31.7 Å². The van der Waals surface area contributed by atoms with Crippen LogP contribution in [0.5, 0.6) is 5.75 Å². The number of carbonyl (C=O) groups excluding carboxylic acids is 3. The number of phenols is 1. The Morgan fingerprint density at radius 3 is 2.43 bits per heavy atom. The van der Waals surface area contributed by atoms with Crippen LogP contribution in [0, 0.1) is 17.6 Å². The van der Waals surface area contributed by atoms with Crippen LogP contribution in [0.3, 0.4) is 0 Å². The van der Waals surface area contributed by atoms with Gasteiger partial charge >= 0.3 is 0 Å². The molecule has 5 aliphatic heterocycles. The number of fused-ring (bicyclic) bond motifs is 3. The number of piperazine rings is 1. The maximum absolute atomic E-state index is 15.2. The van der Waals surface area contributed by atoms with E-state index in [4.69, 9.17) is 0 Å². The minimum Gasteiger partial charge on any atom is -0.507 e. The van der Waals surface area contributed by atoms with Crippen molar-refractivity contribution >= 4 is 40.6 Å². The van der Waals surface area contributed by atoms with Gasteiger partial charge in [0.1, 0.15) is 11.4 Å². The first-order valence-electron chi connectivity index (χ1n) is 17.0. The molecular weight excluding hydrogens is 634 g/mol. The molecular formula is C35H38F2N8O4. The molecule has 2 aromatic carbocycles. The Hall–Kier alpha value is -4.85. The Balaban J connectivity index is 0.885. The number of imide groups is 1. The number of para-hydroxylation sites is 1. The van der Waals surface area contributed by atoms with E-state index in [1.54, 1.807) is 17.0 Å². The van der Waals surface area contributed by atoms with E-state index in [1.165, 1.54) is 0 Å². The Morgan fingerprint density at radius 2 is 1.65 bits per heavy atom. The third-order valence-electron chi connectivity index (χ3n) is 10.7. The van der Waals surface area contributed by atoms with Gasteiger partial charge in [0.25, 0.3) is 0 Å². The summed E-state index contributed by atoms with van der Waals surface area (Å²) in [6.45, 7) is 5.35. The van der Waals surface area contributed by atoms with Crippen LogP contribution >= 0.6 is 0 Å². The summed E-state index contributed by atoms with van der Waals surface area (Å²) in [4.78, 5) is 47.5. The van der Waals surface area contributed by atoms with Crippen LogP contribution in [0.1, 0.15) is 32.1 Å². The van der Waals surface area contributed by atoms with Gasteiger partial charge < -0.3 is 25.1 Å². The van der Waals surface area contributed by atoms with E-state index in [2.05, 4.69) is 25.3 Å². The summed E-state index contributed by atoms with van der Waals surface area (Å²) < 4.78 is 30.4. The molecule has 1 unspecified atom stereocenters. The maximum Gasteiger partial charge on any atom is 0.233 e. The van der Waals surface area contributed by atoms with E-state index in [0.717, 1.165) is 56.2 Å². The summed E-state index contributed by atoms with van der Waals surface area (Å²) in [6, 6.07) is 11.9. The second-order valence-corrected chi connectivity index (χ2v) is 13.6. The summed E-state index contributed by atoms with van der Waals surface area (Å²) in [5, 5.41) is 22.5. The van der Waals surface area contributed by atoms with Crippen LogP contribution in [-0.2, 0) is 14.4 Å². The molecule has 3 amide bonds. The standard InChI is InChI=1S/C35H38F2N8O4/c36-26-14-23(15-27(37)33(26)45-31(47)6-3-7-32(45)48)41-10-8-21(18-41)35(49)43-11-9-22(19-43)42-12-13-44-24(20-42)17-38-34-29(44)16-28(39-40-34)25-4-1-2-5-30(25)46/h1-2,4-5,14-16,21-22,24,46H,3,6-13,17-20H2,(H,38,40)/t21-,22?,24-/m0/s1. The van der Waals surface area contributed by atoms with Crippen molar-refractivity contribution in [1.29, 1.82) is 0 Å². The van der Waals surface area contributed by atoms with Crippen molar-refractivity contribution in [3.8, 4) is 17.0 Å². The van der Waals surface area contributed by atoms with Crippen LogP contribution in [0.2, 0.25) is 0 Å². The Labute approximate surface area is 282 Å². The zero-order valence-electron chi connectivity index (χ0n) is 27.0. The van der Waals surface area contributed by atoms with Crippen molar-refractivity contribution in [2.45, 2.75) is 44.2 Å². The summed E-state index contributed by atoms with van der Waals surface area (Å²) in [7, 11) is 0. The first-order chi connectivity index (χ1) is 23.7. The molecule has 0 bridgehead atoms. The van der Waals surface area contributed by atoms with Crippen LogP contribution in [0.25, 0.3) is 11.3 Å². The highest BCUT2D eigenvalue weighted by molar-refractivity contribution is 6.16. The largest absolute Gasteiger partial charge is 0.507 e. The van der Waals surface area contributed by atoms with E-state index in [-0.39, 0.29) is 42.5 Å². The van der Waals surface area contributed by atoms with Crippen molar-refractivity contribution in [1.82, 2.24) is 20.0 Å². The van der Waals surface area contributed by atoms with E-state index in [9.17, 15) is 19.5 Å². The molecule has 256 valence electrons. The normalized spacial score (nSPS) is 24.2. The number of hydrogen-bond donors (Lipinski definition) is 2. The number of aromatic nitrogens is 2. The van der Waals surface area contributed by atoms with Crippen molar-refractivity contribution in [2.75, 3.05) is 72.4 Å². The Kier molecular flexibility index (Phi) is 8.05. The topological polar surface area (TPSA) is 125 Å². The number of hydrogen-bond acceptors (Lipinski definition) is 10. The predicted octanol–water partition coefficient (Wildman–Crippen LogP) is 3.21. The number of rotatable bonds is 5. The zero-order chi connectivity index (χ0) is 33.8. The molecule has 4 saturated heterocycles. The highest BCUT2D eigenvalue weighted by Gasteiger charge is 2.41. The third kappa shape index (κ3) is 5.71. The summed E-state index contributed by atoms with van der Waals surface area (Å²) in [5.74, 6) is -2.45.